The smallest absolute Gasteiger partial charge is 0.142 e. The summed E-state index contributed by atoms with van der Waals surface area (Å²) in [6.07, 6.45) is 1.59. The molecule has 0 unspecified atom stereocenters. The molecule has 0 saturated heterocycles. The lowest BCUT2D eigenvalue weighted by molar-refractivity contribution is -0.266. The molecule has 0 bridgehead atoms. The quantitative estimate of drug-likeness (QED) is 0.448. The van der Waals surface area contributed by atoms with Crippen molar-refractivity contribution in [1.82, 2.24) is 0 Å². The molecule has 3 heteroatoms. The minimum atomic E-state index is 0.420. The van der Waals surface area contributed by atoms with E-state index in [4.69, 9.17) is 0 Å². The van der Waals surface area contributed by atoms with Crippen molar-refractivity contribution in [3.8, 4) is 0 Å². The fourth-order valence-corrected chi connectivity index (χ4v) is 0.283. The Kier molecular flexibility index (Phi) is 1.08. The topological polar surface area (TPSA) is 30.8 Å². The lowest BCUT2D eigenvalue weighted by atomic mass is 10.4. The van der Waals surface area contributed by atoms with Crippen LogP contribution < -0.4 is 0 Å². The third-order valence-electron chi connectivity index (χ3n) is 0.650. The van der Waals surface area contributed by atoms with E-state index in [0.717, 1.165) is 5.71 Å². The maximum atomic E-state index is 4.37. The average molecular weight is 99.1 g/mol. The lowest BCUT2D eigenvalue weighted by Gasteiger charge is -1.77. The Morgan fingerprint density at radius 2 is 2.71 bits per heavy atom. The van der Waals surface area contributed by atoms with E-state index < -0.39 is 0 Å². The van der Waals surface area contributed by atoms with Gasteiger partial charge in [0, 0.05) is 0 Å². The zero-order valence-corrected chi connectivity index (χ0v) is 3.76. The fraction of sp³-hybridized carbons (Fsp3) is 0.250. The Labute approximate surface area is 41.1 Å². The molecule has 1 rings (SSSR count). The van der Waals surface area contributed by atoms with Crippen LogP contribution in [0.25, 0.3) is 0 Å². The van der Waals surface area contributed by atoms with E-state index in [-0.39, 0.29) is 0 Å². The summed E-state index contributed by atoms with van der Waals surface area (Å²) in [7, 11) is 0. The molecule has 0 atom stereocenters. The summed E-state index contributed by atoms with van der Waals surface area (Å²) >= 11 is 0. The van der Waals surface area contributed by atoms with E-state index in [2.05, 4.69) is 21.6 Å². The van der Waals surface area contributed by atoms with Crippen molar-refractivity contribution in [2.24, 2.45) is 5.16 Å². The summed E-state index contributed by atoms with van der Waals surface area (Å²) in [5.41, 5.74) is 0.736. The Bertz CT molecular complexity index is 108. The van der Waals surface area contributed by atoms with Crippen LogP contribution >= 0.6 is 0 Å². The van der Waals surface area contributed by atoms with Crippen molar-refractivity contribution in [3.63, 3.8) is 0 Å². The highest BCUT2D eigenvalue weighted by atomic mass is 17.3. The van der Waals surface area contributed by atoms with Crippen LogP contribution in [0.15, 0.2) is 17.8 Å². The van der Waals surface area contributed by atoms with Crippen molar-refractivity contribution in [2.45, 2.75) is 0 Å². The third-order valence-corrected chi connectivity index (χ3v) is 0.650. The molecule has 0 spiro atoms. The lowest BCUT2D eigenvalue weighted by Crippen LogP contribution is -1.93. The summed E-state index contributed by atoms with van der Waals surface area (Å²) in [5.74, 6) is 0. The number of rotatable bonds is 1. The van der Waals surface area contributed by atoms with Crippen LogP contribution in [0.4, 0.5) is 0 Å². The summed E-state index contributed by atoms with van der Waals surface area (Å²) in [5, 5.41) is 3.43. The second kappa shape index (κ2) is 1.75. The minimum absolute atomic E-state index is 0.420. The van der Waals surface area contributed by atoms with Crippen LogP contribution in [0.5, 0.6) is 0 Å². The third kappa shape index (κ3) is 0.778. The van der Waals surface area contributed by atoms with Gasteiger partial charge in [-0.2, -0.15) is 4.89 Å². The number of nitrogens with zero attached hydrogens (tertiary/aromatic N) is 1. The first-order valence-electron chi connectivity index (χ1n) is 1.91. The van der Waals surface area contributed by atoms with Crippen LogP contribution in [-0.4, -0.2) is 12.3 Å². The van der Waals surface area contributed by atoms with Crippen LogP contribution in [0.1, 0.15) is 0 Å². The van der Waals surface area contributed by atoms with Crippen molar-refractivity contribution in [2.75, 3.05) is 6.61 Å². The molecule has 1 aliphatic heterocycles. The average Bonchev–Trinajstić information content (AvgIpc) is 2.14. The van der Waals surface area contributed by atoms with E-state index in [1.54, 1.807) is 6.08 Å². The summed E-state index contributed by atoms with van der Waals surface area (Å²) in [6.45, 7) is 3.87. The second-order valence-corrected chi connectivity index (χ2v) is 1.12. The molecule has 0 N–H and O–H groups in total. The van der Waals surface area contributed by atoms with Gasteiger partial charge in [-0.05, 0) is 11.2 Å². The maximum Gasteiger partial charge on any atom is 0.142 e. The van der Waals surface area contributed by atoms with Gasteiger partial charge in [0.2, 0.25) is 0 Å². The fourth-order valence-electron chi connectivity index (χ4n) is 0.283. The Morgan fingerprint density at radius 1 is 1.86 bits per heavy atom. The van der Waals surface area contributed by atoms with E-state index in [9.17, 15) is 0 Å². The molecule has 0 radical (unpaired) electrons. The molecule has 7 heavy (non-hydrogen) atoms. The highest BCUT2D eigenvalue weighted by molar-refractivity contribution is 5.95. The molecule has 0 aromatic carbocycles. The monoisotopic (exact) mass is 99.0 g/mol. The standard InChI is InChI=1S/C4H5NO2/c1-2-4-3-6-7-5-4/h2H,1,3H2. The van der Waals surface area contributed by atoms with Crippen LogP contribution in [0, 0.1) is 0 Å². The molecule has 38 valence electrons. The minimum Gasteiger partial charge on any atom is -0.220 e. The first-order valence-corrected chi connectivity index (χ1v) is 1.91. The number of hydrogen-bond donors (Lipinski definition) is 0. The molecule has 3 nitrogen and oxygen atoms in total. The first kappa shape index (κ1) is 4.33. The zero-order chi connectivity index (χ0) is 5.11. The van der Waals surface area contributed by atoms with Gasteiger partial charge >= 0.3 is 0 Å². The molecular formula is C4H5NO2. The van der Waals surface area contributed by atoms with Gasteiger partial charge in [0.05, 0.1) is 0 Å². The van der Waals surface area contributed by atoms with E-state index in [1.807, 2.05) is 0 Å². The molecular weight excluding hydrogens is 94.0 g/mol. The highest BCUT2D eigenvalue weighted by Crippen LogP contribution is 1.94. The zero-order valence-electron chi connectivity index (χ0n) is 3.76. The second-order valence-electron chi connectivity index (χ2n) is 1.12. The van der Waals surface area contributed by atoms with Gasteiger partial charge in [0.1, 0.15) is 12.3 Å². The largest absolute Gasteiger partial charge is 0.220 e. The molecule has 1 aliphatic rings. The molecule has 0 aromatic rings. The summed E-state index contributed by atoms with van der Waals surface area (Å²) in [6, 6.07) is 0. The molecule has 0 aromatic heterocycles. The molecule has 0 saturated carbocycles. The van der Waals surface area contributed by atoms with Gasteiger partial charge in [-0.15, -0.1) is 0 Å². The van der Waals surface area contributed by atoms with Gasteiger partial charge in [-0.3, -0.25) is 0 Å². The number of hydrogen-bond acceptors (Lipinski definition) is 3. The van der Waals surface area contributed by atoms with Crippen molar-refractivity contribution < 1.29 is 9.88 Å². The predicted molar refractivity (Wildman–Crippen MR) is 24.7 cm³/mol. The molecule has 0 aliphatic carbocycles. The molecule has 1 heterocycles. The van der Waals surface area contributed by atoms with Crippen LogP contribution in [-0.2, 0) is 9.88 Å². The van der Waals surface area contributed by atoms with Crippen LogP contribution in [0.2, 0.25) is 0 Å². The highest BCUT2D eigenvalue weighted by Gasteiger charge is 2.02. The van der Waals surface area contributed by atoms with Gasteiger partial charge in [-0.25, -0.2) is 4.99 Å². The van der Waals surface area contributed by atoms with E-state index in [1.165, 1.54) is 0 Å². The Balaban J connectivity index is 2.51. The van der Waals surface area contributed by atoms with Crippen molar-refractivity contribution in [1.29, 1.82) is 0 Å². The summed E-state index contributed by atoms with van der Waals surface area (Å²) < 4.78 is 0. The SMILES string of the molecule is C=CC1=NOOC1. The molecule has 0 fully saturated rings. The Hall–Kier alpha value is -0.830. The van der Waals surface area contributed by atoms with Crippen molar-refractivity contribution >= 4 is 5.71 Å². The maximum absolute atomic E-state index is 4.37. The number of oxime groups is 1. The van der Waals surface area contributed by atoms with E-state index >= 15 is 0 Å². The van der Waals surface area contributed by atoms with Crippen LogP contribution in [0.3, 0.4) is 0 Å². The predicted octanol–water partition coefficient (Wildman–Crippen LogP) is 0.490. The van der Waals surface area contributed by atoms with Gasteiger partial charge in [0.15, 0.2) is 0 Å². The van der Waals surface area contributed by atoms with Gasteiger partial charge < -0.3 is 0 Å². The molecule has 0 amide bonds. The van der Waals surface area contributed by atoms with Gasteiger partial charge in [-0.1, -0.05) is 6.58 Å². The van der Waals surface area contributed by atoms with Crippen molar-refractivity contribution in [3.05, 3.63) is 12.7 Å². The summed E-state index contributed by atoms with van der Waals surface area (Å²) in [4.78, 5) is 8.54. The Morgan fingerprint density at radius 3 is 3.00 bits per heavy atom. The first-order chi connectivity index (χ1) is 3.43. The van der Waals surface area contributed by atoms with E-state index in [0.29, 0.717) is 6.61 Å². The normalized spacial score (nSPS) is 18.0. The van der Waals surface area contributed by atoms with Gasteiger partial charge in [0.25, 0.3) is 0 Å².